The Hall–Kier alpha value is -0.910. The number of hydrogen-bond donors (Lipinski definition) is 2. The van der Waals surface area contributed by atoms with Gasteiger partial charge in [0, 0.05) is 28.6 Å². The first-order chi connectivity index (χ1) is 7.75. The van der Waals surface area contributed by atoms with Crippen LogP contribution in [0.15, 0.2) is 34.2 Å². The first kappa shape index (κ1) is 11.6. The Bertz CT molecular complexity index is 459. The summed E-state index contributed by atoms with van der Waals surface area (Å²) in [6, 6.07) is 5.75. The summed E-state index contributed by atoms with van der Waals surface area (Å²) in [5.41, 5.74) is 0.666. The third-order valence-electron chi connectivity index (χ3n) is 2.09. The molecule has 0 atom stereocenters. The predicted octanol–water partition coefficient (Wildman–Crippen LogP) is 2.90. The standard InChI is InChI=1S/C11H11BrN2OS/c12-8-4-11(15)10(14-5-8)7-13-6-9-2-1-3-16-9/h1-5,13,15H,6-7H2. The molecule has 84 valence electrons. The summed E-state index contributed by atoms with van der Waals surface area (Å²) in [5.74, 6) is 0.216. The number of pyridine rings is 1. The van der Waals surface area contributed by atoms with Crippen LogP contribution in [0.1, 0.15) is 10.6 Å². The van der Waals surface area contributed by atoms with Crippen molar-refractivity contribution in [2.75, 3.05) is 0 Å². The van der Waals surface area contributed by atoms with E-state index >= 15 is 0 Å². The summed E-state index contributed by atoms with van der Waals surface area (Å²) < 4.78 is 0.784. The fourth-order valence-corrected chi connectivity index (χ4v) is 2.30. The van der Waals surface area contributed by atoms with Gasteiger partial charge < -0.3 is 10.4 Å². The highest BCUT2D eigenvalue weighted by Gasteiger charge is 2.03. The largest absolute Gasteiger partial charge is 0.506 e. The lowest BCUT2D eigenvalue weighted by atomic mass is 10.3. The van der Waals surface area contributed by atoms with Crippen LogP contribution in [0.2, 0.25) is 0 Å². The second kappa shape index (κ2) is 5.43. The van der Waals surface area contributed by atoms with Crippen molar-refractivity contribution in [3.63, 3.8) is 0 Å². The lowest BCUT2D eigenvalue weighted by molar-refractivity contribution is 0.459. The van der Waals surface area contributed by atoms with Gasteiger partial charge >= 0.3 is 0 Å². The fourth-order valence-electron chi connectivity index (χ4n) is 1.31. The van der Waals surface area contributed by atoms with Crippen LogP contribution in [0.3, 0.4) is 0 Å². The lowest BCUT2D eigenvalue weighted by Crippen LogP contribution is -2.12. The monoisotopic (exact) mass is 298 g/mol. The highest BCUT2D eigenvalue weighted by atomic mass is 79.9. The third-order valence-corrected chi connectivity index (χ3v) is 3.40. The van der Waals surface area contributed by atoms with E-state index < -0.39 is 0 Å². The number of hydrogen-bond acceptors (Lipinski definition) is 4. The topological polar surface area (TPSA) is 45.2 Å². The average Bonchev–Trinajstić information content (AvgIpc) is 2.74. The molecule has 0 unspecified atom stereocenters. The van der Waals surface area contributed by atoms with E-state index in [2.05, 4.69) is 32.3 Å². The predicted molar refractivity (Wildman–Crippen MR) is 68.5 cm³/mol. The maximum atomic E-state index is 9.62. The maximum Gasteiger partial charge on any atom is 0.139 e. The molecular weight excluding hydrogens is 288 g/mol. The number of nitrogens with one attached hydrogen (secondary N) is 1. The molecule has 0 saturated heterocycles. The minimum Gasteiger partial charge on any atom is -0.506 e. The van der Waals surface area contributed by atoms with E-state index in [1.807, 2.05) is 11.4 Å². The summed E-state index contributed by atoms with van der Waals surface area (Å²) in [5, 5.41) is 14.9. The lowest BCUT2D eigenvalue weighted by Gasteiger charge is -2.05. The zero-order valence-corrected chi connectivity index (χ0v) is 10.9. The van der Waals surface area contributed by atoms with Gasteiger partial charge in [0.2, 0.25) is 0 Å². The first-order valence-electron chi connectivity index (χ1n) is 4.82. The van der Waals surface area contributed by atoms with E-state index in [0.717, 1.165) is 11.0 Å². The Kier molecular flexibility index (Phi) is 3.93. The highest BCUT2D eigenvalue weighted by molar-refractivity contribution is 9.10. The van der Waals surface area contributed by atoms with Crippen molar-refractivity contribution in [2.24, 2.45) is 0 Å². The molecule has 0 spiro atoms. The van der Waals surface area contributed by atoms with E-state index in [1.54, 1.807) is 23.6 Å². The molecule has 2 aromatic rings. The summed E-state index contributed by atoms with van der Waals surface area (Å²) in [7, 11) is 0. The molecule has 0 aliphatic rings. The van der Waals surface area contributed by atoms with Gasteiger partial charge in [0.25, 0.3) is 0 Å². The van der Waals surface area contributed by atoms with Crippen molar-refractivity contribution in [2.45, 2.75) is 13.1 Å². The zero-order valence-electron chi connectivity index (χ0n) is 8.48. The first-order valence-corrected chi connectivity index (χ1v) is 6.49. The number of thiophene rings is 1. The summed E-state index contributed by atoms with van der Waals surface area (Å²) in [4.78, 5) is 5.42. The van der Waals surface area contributed by atoms with Crippen LogP contribution in [0.5, 0.6) is 5.75 Å². The van der Waals surface area contributed by atoms with Gasteiger partial charge in [0.15, 0.2) is 0 Å². The second-order valence-electron chi connectivity index (χ2n) is 3.30. The normalized spacial score (nSPS) is 10.6. The number of halogens is 1. The molecular formula is C11H11BrN2OS. The van der Waals surface area contributed by atoms with Crippen molar-refractivity contribution in [3.05, 3.63) is 44.8 Å². The van der Waals surface area contributed by atoms with E-state index in [0.29, 0.717) is 12.2 Å². The van der Waals surface area contributed by atoms with Gasteiger partial charge in [0.05, 0.1) is 5.69 Å². The Morgan fingerprint density at radius 2 is 2.31 bits per heavy atom. The minimum absolute atomic E-state index is 0.216. The molecule has 0 amide bonds. The summed E-state index contributed by atoms with van der Waals surface area (Å²) >= 11 is 4.97. The van der Waals surface area contributed by atoms with Crippen LogP contribution < -0.4 is 5.32 Å². The SMILES string of the molecule is Oc1cc(Br)cnc1CNCc1cccs1. The maximum absolute atomic E-state index is 9.62. The van der Waals surface area contributed by atoms with Crippen LogP contribution in [0.4, 0.5) is 0 Å². The van der Waals surface area contributed by atoms with Gasteiger partial charge in [-0.3, -0.25) is 4.98 Å². The minimum atomic E-state index is 0.216. The Labute approximate surface area is 106 Å². The van der Waals surface area contributed by atoms with Crippen molar-refractivity contribution in [1.82, 2.24) is 10.3 Å². The van der Waals surface area contributed by atoms with E-state index in [4.69, 9.17) is 0 Å². The number of aromatic nitrogens is 1. The molecule has 2 N–H and O–H groups in total. The third kappa shape index (κ3) is 3.04. The van der Waals surface area contributed by atoms with Crippen molar-refractivity contribution in [3.8, 4) is 5.75 Å². The molecule has 0 bridgehead atoms. The highest BCUT2D eigenvalue weighted by Crippen LogP contribution is 2.19. The molecule has 0 aliphatic heterocycles. The van der Waals surface area contributed by atoms with Crippen LogP contribution >= 0.6 is 27.3 Å². The number of rotatable bonds is 4. The zero-order chi connectivity index (χ0) is 11.4. The molecule has 0 aromatic carbocycles. The van der Waals surface area contributed by atoms with Gasteiger partial charge in [-0.1, -0.05) is 6.07 Å². The van der Waals surface area contributed by atoms with Gasteiger partial charge in [-0.25, -0.2) is 0 Å². The molecule has 0 saturated carbocycles. The Balaban J connectivity index is 1.90. The van der Waals surface area contributed by atoms with Crippen molar-refractivity contribution >= 4 is 27.3 Å². The molecule has 3 nitrogen and oxygen atoms in total. The second-order valence-corrected chi connectivity index (χ2v) is 5.25. The van der Waals surface area contributed by atoms with E-state index in [9.17, 15) is 5.11 Å². The summed E-state index contributed by atoms with van der Waals surface area (Å²) in [6.45, 7) is 1.37. The van der Waals surface area contributed by atoms with Gasteiger partial charge in [-0.05, 0) is 33.4 Å². The summed E-state index contributed by atoms with van der Waals surface area (Å²) in [6.07, 6.45) is 1.68. The molecule has 0 aliphatic carbocycles. The molecule has 5 heteroatoms. The van der Waals surface area contributed by atoms with Crippen LogP contribution in [-0.2, 0) is 13.1 Å². The molecule has 2 aromatic heterocycles. The van der Waals surface area contributed by atoms with Crippen LogP contribution in [-0.4, -0.2) is 10.1 Å². The smallest absolute Gasteiger partial charge is 0.139 e. The molecule has 0 fully saturated rings. The number of nitrogens with zero attached hydrogens (tertiary/aromatic N) is 1. The fraction of sp³-hybridized carbons (Fsp3) is 0.182. The Morgan fingerprint density at radius 1 is 1.44 bits per heavy atom. The van der Waals surface area contributed by atoms with Gasteiger partial charge in [-0.2, -0.15) is 0 Å². The van der Waals surface area contributed by atoms with Crippen molar-refractivity contribution in [1.29, 1.82) is 0 Å². The molecule has 2 heterocycles. The van der Waals surface area contributed by atoms with Gasteiger partial charge in [0.1, 0.15) is 5.75 Å². The Morgan fingerprint density at radius 3 is 3.00 bits per heavy atom. The molecule has 0 radical (unpaired) electrons. The van der Waals surface area contributed by atoms with Gasteiger partial charge in [-0.15, -0.1) is 11.3 Å². The van der Waals surface area contributed by atoms with Crippen LogP contribution in [0, 0.1) is 0 Å². The molecule has 2 rings (SSSR count). The van der Waals surface area contributed by atoms with Crippen LogP contribution in [0.25, 0.3) is 0 Å². The quantitative estimate of drug-likeness (QED) is 0.912. The van der Waals surface area contributed by atoms with E-state index in [-0.39, 0.29) is 5.75 Å². The number of aromatic hydroxyl groups is 1. The van der Waals surface area contributed by atoms with Crippen molar-refractivity contribution < 1.29 is 5.11 Å². The molecule has 16 heavy (non-hydrogen) atoms. The average molecular weight is 299 g/mol. The van der Waals surface area contributed by atoms with E-state index in [1.165, 1.54) is 4.88 Å².